The van der Waals surface area contributed by atoms with Crippen LogP contribution in [0.15, 0.2) is 23.2 Å². The number of alkyl halides is 2. The van der Waals surface area contributed by atoms with Crippen molar-refractivity contribution in [2.75, 3.05) is 7.05 Å². The minimum atomic E-state index is -3.01. The van der Waals surface area contributed by atoms with E-state index in [9.17, 15) is 13.2 Å². The summed E-state index contributed by atoms with van der Waals surface area (Å²) >= 11 is 0. The summed E-state index contributed by atoms with van der Waals surface area (Å²) in [6, 6.07) is 3.69. The quantitative estimate of drug-likeness (QED) is 0.625. The zero-order valence-electron chi connectivity index (χ0n) is 9.08. The van der Waals surface area contributed by atoms with Crippen LogP contribution in [0.4, 0.5) is 13.2 Å². The van der Waals surface area contributed by atoms with E-state index in [1.54, 1.807) is 0 Å². The molecule has 1 aromatic carbocycles. The first-order valence-electron chi connectivity index (χ1n) is 4.73. The minimum absolute atomic E-state index is 0.0283. The van der Waals surface area contributed by atoms with Gasteiger partial charge in [-0.1, -0.05) is 6.07 Å². The first-order chi connectivity index (χ1) is 8.04. The van der Waals surface area contributed by atoms with Crippen LogP contribution in [0, 0.1) is 5.82 Å². The molecule has 0 aromatic heterocycles. The second kappa shape index (κ2) is 5.97. The summed E-state index contributed by atoms with van der Waals surface area (Å²) in [6.45, 7) is -3.09. The highest BCUT2D eigenvalue weighted by Gasteiger charge is 2.13. The van der Waals surface area contributed by atoms with Crippen molar-refractivity contribution in [3.05, 3.63) is 29.6 Å². The van der Waals surface area contributed by atoms with Gasteiger partial charge in [-0.15, -0.1) is 0 Å². The van der Waals surface area contributed by atoms with E-state index in [-0.39, 0.29) is 23.8 Å². The van der Waals surface area contributed by atoms with Gasteiger partial charge < -0.3 is 15.8 Å². The Morgan fingerprint density at radius 2 is 2.24 bits per heavy atom. The van der Waals surface area contributed by atoms with E-state index in [0.29, 0.717) is 0 Å². The first kappa shape index (κ1) is 13.1. The summed E-state index contributed by atoms with van der Waals surface area (Å²) in [7, 11) is 1.44. The van der Waals surface area contributed by atoms with E-state index in [1.807, 2.05) is 0 Å². The number of nitrogens with zero attached hydrogens (tertiary/aromatic N) is 1. The summed E-state index contributed by atoms with van der Waals surface area (Å²) in [6.07, 6.45) is 0. The van der Waals surface area contributed by atoms with Gasteiger partial charge in [0.15, 0.2) is 5.96 Å². The van der Waals surface area contributed by atoms with Crippen LogP contribution in [-0.2, 0) is 6.54 Å². The molecule has 0 aliphatic heterocycles. The highest BCUT2D eigenvalue weighted by Crippen LogP contribution is 2.23. The Labute approximate surface area is 96.3 Å². The third-order valence-corrected chi connectivity index (χ3v) is 1.98. The summed E-state index contributed by atoms with van der Waals surface area (Å²) in [5.74, 6) is -0.799. The molecule has 0 spiro atoms. The van der Waals surface area contributed by atoms with Gasteiger partial charge in [0.05, 0.1) is 0 Å². The number of nitrogens with two attached hydrogens (primary N) is 1. The molecular formula is C10H12F3N3O. The van der Waals surface area contributed by atoms with Crippen LogP contribution < -0.4 is 15.8 Å². The lowest BCUT2D eigenvalue weighted by Gasteiger charge is -2.12. The largest absolute Gasteiger partial charge is 0.434 e. The number of hydrogen-bond acceptors (Lipinski definition) is 2. The fourth-order valence-electron chi connectivity index (χ4n) is 1.17. The maximum Gasteiger partial charge on any atom is 0.387 e. The lowest BCUT2D eigenvalue weighted by atomic mass is 10.2. The first-order valence-corrected chi connectivity index (χ1v) is 4.73. The molecular weight excluding hydrogens is 235 g/mol. The fraction of sp³-hybridized carbons (Fsp3) is 0.300. The maximum absolute atomic E-state index is 13.4. The van der Waals surface area contributed by atoms with Gasteiger partial charge in [0.2, 0.25) is 0 Å². The van der Waals surface area contributed by atoms with Gasteiger partial charge in [0.1, 0.15) is 11.6 Å². The highest BCUT2D eigenvalue weighted by molar-refractivity contribution is 5.77. The molecule has 0 amide bonds. The third-order valence-electron chi connectivity index (χ3n) is 1.98. The second-order valence-corrected chi connectivity index (χ2v) is 3.06. The number of guanidine groups is 1. The molecule has 0 fully saturated rings. The van der Waals surface area contributed by atoms with Crippen molar-refractivity contribution in [3.8, 4) is 5.75 Å². The molecule has 7 heteroatoms. The average molecular weight is 247 g/mol. The molecule has 94 valence electrons. The number of hydrogen-bond donors (Lipinski definition) is 2. The Kier molecular flexibility index (Phi) is 4.62. The van der Waals surface area contributed by atoms with Crippen LogP contribution in [0.2, 0.25) is 0 Å². The van der Waals surface area contributed by atoms with Crippen LogP contribution >= 0.6 is 0 Å². The Hall–Kier alpha value is -1.92. The molecule has 0 saturated carbocycles. The smallest absolute Gasteiger partial charge is 0.387 e. The standard InChI is InChI=1S/C10H12F3N3O/c1-15-10(14)16-5-6-7(11)3-2-4-8(6)17-9(12)13/h2-4,9H,5H2,1H3,(H3,14,15,16). The van der Waals surface area contributed by atoms with Crippen LogP contribution in [-0.4, -0.2) is 19.6 Å². The van der Waals surface area contributed by atoms with E-state index in [0.717, 1.165) is 6.07 Å². The molecule has 1 rings (SSSR count). The van der Waals surface area contributed by atoms with Crippen molar-refractivity contribution in [2.45, 2.75) is 13.2 Å². The Bertz CT molecular complexity index is 410. The molecule has 0 radical (unpaired) electrons. The van der Waals surface area contributed by atoms with Crippen LogP contribution in [0.1, 0.15) is 5.56 Å². The number of rotatable bonds is 4. The number of halogens is 3. The van der Waals surface area contributed by atoms with E-state index in [2.05, 4.69) is 15.0 Å². The summed E-state index contributed by atoms with van der Waals surface area (Å²) in [4.78, 5) is 3.60. The Morgan fingerprint density at radius 1 is 1.53 bits per heavy atom. The van der Waals surface area contributed by atoms with E-state index < -0.39 is 12.4 Å². The van der Waals surface area contributed by atoms with Gasteiger partial charge in [-0.25, -0.2) is 4.39 Å². The summed E-state index contributed by atoms with van der Waals surface area (Å²) in [5.41, 5.74) is 5.32. The van der Waals surface area contributed by atoms with E-state index >= 15 is 0 Å². The molecule has 0 atom stereocenters. The van der Waals surface area contributed by atoms with Gasteiger partial charge >= 0.3 is 6.61 Å². The zero-order valence-corrected chi connectivity index (χ0v) is 9.08. The van der Waals surface area contributed by atoms with Crippen molar-refractivity contribution in [3.63, 3.8) is 0 Å². The number of benzene rings is 1. The van der Waals surface area contributed by atoms with Crippen LogP contribution in [0.5, 0.6) is 5.75 Å². The predicted octanol–water partition coefficient (Wildman–Crippen LogP) is 1.46. The monoisotopic (exact) mass is 247 g/mol. The van der Waals surface area contributed by atoms with E-state index in [1.165, 1.54) is 19.2 Å². The van der Waals surface area contributed by atoms with Gasteiger partial charge in [0, 0.05) is 19.2 Å². The number of nitrogens with one attached hydrogen (secondary N) is 1. The minimum Gasteiger partial charge on any atom is -0.434 e. The Balaban J connectivity index is 2.87. The molecule has 0 saturated heterocycles. The lowest BCUT2D eigenvalue weighted by molar-refractivity contribution is -0.0506. The van der Waals surface area contributed by atoms with Gasteiger partial charge in [0.25, 0.3) is 0 Å². The molecule has 1 aromatic rings. The topological polar surface area (TPSA) is 59.6 Å². The van der Waals surface area contributed by atoms with Crippen molar-refractivity contribution in [1.82, 2.24) is 5.32 Å². The molecule has 4 nitrogen and oxygen atoms in total. The summed E-state index contributed by atoms with van der Waals surface area (Å²) in [5, 5.41) is 2.57. The molecule has 0 unspecified atom stereocenters. The maximum atomic E-state index is 13.4. The molecule has 0 aliphatic carbocycles. The predicted molar refractivity (Wildman–Crippen MR) is 57.4 cm³/mol. The van der Waals surface area contributed by atoms with Crippen LogP contribution in [0.3, 0.4) is 0 Å². The average Bonchev–Trinajstić information content (AvgIpc) is 2.27. The molecule has 0 aliphatic rings. The third kappa shape index (κ3) is 3.86. The lowest BCUT2D eigenvalue weighted by Crippen LogP contribution is -2.31. The normalized spacial score (nSPS) is 11.7. The fourth-order valence-corrected chi connectivity index (χ4v) is 1.17. The van der Waals surface area contributed by atoms with Crippen molar-refractivity contribution in [1.29, 1.82) is 0 Å². The number of ether oxygens (including phenoxy) is 1. The second-order valence-electron chi connectivity index (χ2n) is 3.06. The highest BCUT2D eigenvalue weighted by atomic mass is 19.3. The van der Waals surface area contributed by atoms with Gasteiger partial charge in [-0.3, -0.25) is 4.99 Å². The SMILES string of the molecule is CN=C(N)NCc1c(F)cccc1OC(F)F. The van der Waals surface area contributed by atoms with E-state index in [4.69, 9.17) is 5.73 Å². The van der Waals surface area contributed by atoms with Crippen LogP contribution in [0.25, 0.3) is 0 Å². The molecule has 3 N–H and O–H groups in total. The van der Waals surface area contributed by atoms with Crippen molar-refractivity contribution < 1.29 is 17.9 Å². The van der Waals surface area contributed by atoms with Crippen molar-refractivity contribution in [2.24, 2.45) is 10.7 Å². The van der Waals surface area contributed by atoms with Gasteiger partial charge in [-0.05, 0) is 12.1 Å². The van der Waals surface area contributed by atoms with Gasteiger partial charge in [-0.2, -0.15) is 8.78 Å². The number of aliphatic imine (C=N–C) groups is 1. The molecule has 0 bridgehead atoms. The Morgan fingerprint density at radius 3 is 2.82 bits per heavy atom. The zero-order chi connectivity index (χ0) is 12.8. The molecule has 17 heavy (non-hydrogen) atoms. The van der Waals surface area contributed by atoms with Crippen molar-refractivity contribution >= 4 is 5.96 Å². The molecule has 0 heterocycles. The summed E-state index contributed by atoms with van der Waals surface area (Å²) < 4.78 is 41.8.